The molecular formula is C23H13BrI2N2O5. The predicted molar refractivity (Wildman–Crippen MR) is 144 cm³/mol. The molecule has 0 fully saturated rings. The predicted octanol–water partition coefficient (Wildman–Crippen LogP) is 6.49. The van der Waals surface area contributed by atoms with Crippen LogP contribution in [-0.4, -0.2) is 16.8 Å². The Morgan fingerprint density at radius 1 is 1.09 bits per heavy atom. The fraction of sp³-hybridized carbons (Fsp3) is 0.0435. The monoisotopic (exact) mass is 730 g/mol. The van der Waals surface area contributed by atoms with Crippen LogP contribution < -0.4 is 4.74 Å². The second kappa shape index (κ2) is 10.3. The number of hydrogen-bond acceptors (Lipinski definition) is 6. The molecule has 0 saturated carbocycles. The lowest BCUT2D eigenvalue weighted by atomic mass is 10.2. The number of hydrogen-bond donors (Lipinski definition) is 0. The van der Waals surface area contributed by atoms with Gasteiger partial charge in [0.15, 0.2) is 5.70 Å². The number of rotatable bonds is 6. The average Bonchev–Trinajstić information content (AvgIpc) is 3.14. The summed E-state index contributed by atoms with van der Waals surface area (Å²) in [5.74, 6) is 0.291. The Balaban J connectivity index is 1.55. The molecule has 0 bridgehead atoms. The van der Waals surface area contributed by atoms with Crippen molar-refractivity contribution in [1.29, 1.82) is 0 Å². The third kappa shape index (κ3) is 5.61. The van der Waals surface area contributed by atoms with E-state index in [4.69, 9.17) is 9.47 Å². The third-order valence-corrected chi connectivity index (χ3v) is 6.98. The highest BCUT2D eigenvalue weighted by molar-refractivity contribution is 14.1. The molecule has 10 heteroatoms. The number of benzene rings is 3. The molecule has 0 saturated heterocycles. The first-order chi connectivity index (χ1) is 15.8. The molecule has 33 heavy (non-hydrogen) atoms. The summed E-state index contributed by atoms with van der Waals surface area (Å²) in [5.41, 5.74) is 2.40. The molecule has 0 N–H and O–H groups in total. The molecule has 0 aliphatic carbocycles. The minimum absolute atomic E-state index is 0.0504. The summed E-state index contributed by atoms with van der Waals surface area (Å²) in [6.07, 6.45) is 1.64. The van der Waals surface area contributed by atoms with E-state index in [1.54, 1.807) is 6.08 Å². The summed E-state index contributed by atoms with van der Waals surface area (Å²) < 4.78 is 14.1. The molecule has 7 nitrogen and oxygen atoms in total. The van der Waals surface area contributed by atoms with Crippen molar-refractivity contribution in [2.24, 2.45) is 4.99 Å². The smallest absolute Gasteiger partial charge is 0.363 e. The van der Waals surface area contributed by atoms with Crippen LogP contribution in [0.15, 0.2) is 75.8 Å². The average molecular weight is 731 g/mol. The summed E-state index contributed by atoms with van der Waals surface area (Å²) in [5, 5.41) is 10.8. The van der Waals surface area contributed by atoms with Crippen LogP contribution in [-0.2, 0) is 16.1 Å². The Morgan fingerprint density at radius 3 is 2.39 bits per heavy atom. The fourth-order valence-corrected chi connectivity index (χ4v) is 5.51. The molecule has 1 heterocycles. The van der Waals surface area contributed by atoms with Crippen molar-refractivity contribution in [1.82, 2.24) is 0 Å². The zero-order valence-corrected chi connectivity index (χ0v) is 22.5. The molecule has 0 radical (unpaired) electrons. The number of nitro groups is 1. The first-order valence-corrected chi connectivity index (χ1v) is 12.4. The zero-order chi connectivity index (χ0) is 23.5. The number of non-ortho nitro benzene ring substituents is 1. The van der Waals surface area contributed by atoms with Gasteiger partial charge < -0.3 is 9.47 Å². The number of esters is 1. The Morgan fingerprint density at radius 2 is 1.76 bits per heavy atom. The molecule has 0 amide bonds. The van der Waals surface area contributed by atoms with Gasteiger partial charge in [-0.15, -0.1) is 0 Å². The molecule has 1 aliphatic heterocycles. The number of carbonyl (C=O) groups is 1. The molecule has 1 aliphatic rings. The highest BCUT2D eigenvalue weighted by atomic mass is 127. The molecular weight excluding hydrogens is 718 g/mol. The second-order valence-corrected chi connectivity index (χ2v) is 10.0. The Bertz CT molecular complexity index is 1300. The van der Waals surface area contributed by atoms with Crippen molar-refractivity contribution >= 4 is 84.7 Å². The van der Waals surface area contributed by atoms with Crippen molar-refractivity contribution in [2.45, 2.75) is 6.61 Å². The molecule has 0 spiro atoms. The van der Waals surface area contributed by atoms with E-state index in [-0.39, 0.29) is 17.3 Å². The summed E-state index contributed by atoms with van der Waals surface area (Å²) in [6, 6.07) is 17.3. The number of nitrogens with zero attached hydrogens (tertiary/aromatic N) is 2. The van der Waals surface area contributed by atoms with Crippen molar-refractivity contribution in [2.75, 3.05) is 0 Å². The van der Waals surface area contributed by atoms with Gasteiger partial charge in [-0.2, -0.15) is 0 Å². The van der Waals surface area contributed by atoms with Gasteiger partial charge in [0.25, 0.3) is 5.69 Å². The van der Waals surface area contributed by atoms with Crippen LogP contribution in [0.2, 0.25) is 0 Å². The molecule has 0 unspecified atom stereocenters. The largest absolute Gasteiger partial charge is 0.487 e. The SMILES string of the molecule is O=C1OC(c2ccc([N+](=O)[O-])cc2)=NC1=Cc1cc(I)c(OCc2ccccc2Br)c(I)c1. The van der Waals surface area contributed by atoms with Gasteiger partial charge in [0.05, 0.1) is 12.1 Å². The number of carbonyl (C=O) groups excluding carboxylic acids is 1. The fourth-order valence-electron chi connectivity index (χ4n) is 2.98. The number of ether oxygens (including phenoxy) is 2. The van der Waals surface area contributed by atoms with Crippen LogP contribution >= 0.6 is 61.1 Å². The lowest BCUT2D eigenvalue weighted by Gasteiger charge is -2.12. The Kier molecular flexibility index (Phi) is 7.44. The number of halogens is 3. The third-order valence-electron chi connectivity index (χ3n) is 4.60. The summed E-state index contributed by atoms with van der Waals surface area (Å²) >= 11 is 7.92. The van der Waals surface area contributed by atoms with E-state index in [0.717, 1.165) is 28.5 Å². The van der Waals surface area contributed by atoms with Crippen LogP contribution in [0.25, 0.3) is 6.08 Å². The lowest BCUT2D eigenvalue weighted by Crippen LogP contribution is -2.05. The highest BCUT2D eigenvalue weighted by Crippen LogP contribution is 2.32. The van der Waals surface area contributed by atoms with Gasteiger partial charge in [-0.1, -0.05) is 34.1 Å². The Labute approximate surface area is 224 Å². The van der Waals surface area contributed by atoms with Gasteiger partial charge in [-0.3, -0.25) is 10.1 Å². The molecule has 3 aromatic carbocycles. The van der Waals surface area contributed by atoms with Crippen molar-refractivity contribution < 1.29 is 19.2 Å². The maximum atomic E-state index is 12.3. The van der Waals surface area contributed by atoms with Crippen LogP contribution in [0.5, 0.6) is 5.75 Å². The van der Waals surface area contributed by atoms with Crippen molar-refractivity contribution in [3.05, 3.63) is 105 Å². The second-order valence-electron chi connectivity index (χ2n) is 6.83. The maximum Gasteiger partial charge on any atom is 0.363 e. The van der Waals surface area contributed by atoms with Crippen LogP contribution in [0, 0.1) is 17.3 Å². The highest BCUT2D eigenvalue weighted by Gasteiger charge is 2.25. The van der Waals surface area contributed by atoms with E-state index in [0.29, 0.717) is 12.2 Å². The topological polar surface area (TPSA) is 91.0 Å². The van der Waals surface area contributed by atoms with Gasteiger partial charge in [0.1, 0.15) is 12.4 Å². The van der Waals surface area contributed by atoms with E-state index >= 15 is 0 Å². The van der Waals surface area contributed by atoms with Gasteiger partial charge in [0, 0.05) is 27.7 Å². The van der Waals surface area contributed by atoms with E-state index in [1.165, 1.54) is 24.3 Å². The molecule has 4 rings (SSSR count). The number of nitro benzene ring substituents is 1. The van der Waals surface area contributed by atoms with E-state index in [9.17, 15) is 14.9 Å². The van der Waals surface area contributed by atoms with Crippen LogP contribution in [0.4, 0.5) is 5.69 Å². The van der Waals surface area contributed by atoms with Gasteiger partial charge in [-0.05, 0) is 87.2 Å². The molecule has 3 aromatic rings. The lowest BCUT2D eigenvalue weighted by molar-refractivity contribution is -0.384. The standard InChI is InChI=1S/C23H13BrI2N2O5/c24-17-4-2-1-3-15(17)12-32-21-18(25)9-13(10-19(21)26)11-20-23(29)33-22(27-20)14-5-7-16(8-6-14)28(30)31/h1-11H,12H2. The van der Waals surface area contributed by atoms with Crippen LogP contribution in [0.3, 0.4) is 0 Å². The summed E-state index contributed by atoms with van der Waals surface area (Å²) in [6.45, 7) is 0.420. The van der Waals surface area contributed by atoms with E-state index in [2.05, 4.69) is 66.1 Å². The summed E-state index contributed by atoms with van der Waals surface area (Å²) in [4.78, 5) is 26.9. The molecule has 0 aromatic heterocycles. The minimum atomic E-state index is -0.581. The van der Waals surface area contributed by atoms with Crippen LogP contribution in [0.1, 0.15) is 16.7 Å². The Hall–Kier alpha value is -2.32. The maximum absolute atomic E-state index is 12.3. The first kappa shape index (κ1) is 23.8. The van der Waals surface area contributed by atoms with Gasteiger partial charge in [-0.25, -0.2) is 9.79 Å². The number of aliphatic imine (C=N–C) groups is 1. The minimum Gasteiger partial charge on any atom is -0.487 e. The first-order valence-electron chi connectivity index (χ1n) is 9.44. The number of cyclic esters (lactones) is 1. The molecule has 0 atom stereocenters. The quantitative estimate of drug-likeness (QED) is 0.0952. The zero-order valence-electron chi connectivity index (χ0n) is 16.6. The van der Waals surface area contributed by atoms with E-state index in [1.807, 2.05) is 36.4 Å². The van der Waals surface area contributed by atoms with Gasteiger partial charge in [0.2, 0.25) is 5.90 Å². The normalized spacial score (nSPS) is 14.2. The van der Waals surface area contributed by atoms with E-state index < -0.39 is 10.9 Å². The van der Waals surface area contributed by atoms with Crippen molar-refractivity contribution in [3.63, 3.8) is 0 Å². The summed E-state index contributed by atoms with van der Waals surface area (Å²) in [7, 11) is 0. The van der Waals surface area contributed by atoms with Gasteiger partial charge >= 0.3 is 5.97 Å². The van der Waals surface area contributed by atoms with Crippen molar-refractivity contribution in [3.8, 4) is 5.75 Å². The molecule has 166 valence electrons.